The molecule has 8 atom stereocenters. The summed E-state index contributed by atoms with van der Waals surface area (Å²) in [5.74, 6) is -1.09. The van der Waals surface area contributed by atoms with E-state index in [1.165, 1.54) is 47.9 Å². The second-order valence-corrected chi connectivity index (χ2v) is 13.3. The van der Waals surface area contributed by atoms with Gasteiger partial charge in [-0.3, -0.25) is 0 Å². The summed E-state index contributed by atoms with van der Waals surface area (Å²) in [6, 6.07) is 16.5. The van der Waals surface area contributed by atoms with Crippen molar-refractivity contribution in [3.8, 4) is 0 Å². The molecule has 6 aromatic rings. The number of carbonyl (C=O) groups excluding carboxylic acids is 2. The number of carbonyl (C=O) groups is 2. The van der Waals surface area contributed by atoms with Gasteiger partial charge in [-0.25, -0.2) is 47.3 Å². The van der Waals surface area contributed by atoms with Gasteiger partial charge in [-0.15, -0.1) is 0 Å². The van der Waals surface area contributed by atoms with Gasteiger partial charge >= 0.3 is 11.9 Å². The molecule has 2 unspecified atom stereocenters. The summed E-state index contributed by atoms with van der Waals surface area (Å²) in [4.78, 5) is 41.2. The highest BCUT2D eigenvalue weighted by Crippen LogP contribution is 2.47. The highest BCUT2D eigenvalue weighted by Gasteiger charge is 2.59. The maximum absolute atomic E-state index is 16.4. The van der Waals surface area contributed by atoms with E-state index >= 15 is 4.39 Å². The molecule has 2 aliphatic rings. The molecule has 2 aromatic carbocycles. The standard InChI is InChI=1S/C25H22FN5O5.C11H14FN5O3.CH4O.H3N/c1-25(26)19(17-12-28-22-21(27)29-14-30-31(17)22)35-18(13-34-23(32)15-8-4-2-5-9-15)20(25)36-24(33)16-10-6-3-7-11-16;1-11(12)7(19)6(3-18)20-8(11)5-2-14-10-9(13)15-4-16-17(5)10;1-2;/h2-12,14,18-20H,13H2,1H3,(H2,27,29,30);2,4,6-8,18-19H,3H2,1H3,(H2,13,15,16);2H,1H3;1H3/t18-,19?,20-,25+;6-,7-,8?,11-;;/m11../s1. The van der Waals surface area contributed by atoms with Crippen LogP contribution in [0.25, 0.3) is 11.3 Å². The Balaban J connectivity index is 0.000000244. The third-order valence-electron chi connectivity index (χ3n) is 9.54. The van der Waals surface area contributed by atoms with Crippen molar-refractivity contribution in [2.24, 2.45) is 0 Å². The quantitative estimate of drug-likeness (QED) is 0.120. The van der Waals surface area contributed by atoms with Crippen molar-refractivity contribution < 1.29 is 52.6 Å². The van der Waals surface area contributed by atoms with Crippen molar-refractivity contribution in [2.75, 3.05) is 31.8 Å². The Morgan fingerprint density at radius 1 is 0.763 bits per heavy atom. The van der Waals surface area contributed by atoms with E-state index in [1.807, 2.05) is 0 Å². The molecule has 4 aromatic heterocycles. The van der Waals surface area contributed by atoms with Crippen molar-refractivity contribution in [2.45, 2.75) is 61.8 Å². The van der Waals surface area contributed by atoms with Gasteiger partial charge in [0.25, 0.3) is 0 Å². The van der Waals surface area contributed by atoms with Gasteiger partial charge in [0, 0.05) is 7.11 Å². The zero-order chi connectivity index (χ0) is 41.8. The van der Waals surface area contributed by atoms with Crippen LogP contribution in [0, 0.1) is 0 Å². The lowest BCUT2D eigenvalue weighted by atomic mass is 9.93. The van der Waals surface area contributed by atoms with Crippen LogP contribution in [0.1, 0.15) is 58.2 Å². The number of aliphatic hydroxyl groups excluding tert-OH is 3. The van der Waals surface area contributed by atoms with Gasteiger partial charge in [0.05, 0.1) is 41.5 Å². The van der Waals surface area contributed by atoms with Crippen molar-refractivity contribution in [1.29, 1.82) is 0 Å². The molecule has 10 N–H and O–H groups in total. The first kappa shape index (κ1) is 43.8. The largest absolute Gasteiger partial charge is 0.459 e. The number of aromatic nitrogens is 8. The van der Waals surface area contributed by atoms with Gasteiger partial charge in [-0.05, 0) is 38.1 Å². The van der Waals surface area contributed by atoms with Crippen LogP contribution in [0.4, 0.5) is 20.4 Å². The number of imidazole rings is 2. The van der Waals surface area contributed by atoms with E-state index in [0.717, 1.165) is 7.11 Å². The minimum Gasteiger partial charge on any atom is -0.459 e. The molecular weight excluding hydrogens is 780 g/mol. The van der Waals surface area contributed by atoms with E-state index < -0.39 is 66.5 Å². The number of fused-ring (bicyclic) bond motifs is 2. The molecule has 2 aliphatic heterocycles. The zero-order valence-corrected chi connectivity index (χ0v) is 31.9. The lowest BCUT2D eigenvalue weighted by Gasteiger charge is -2.27. The fourth-order valence-corrected chi connectivity index (χ4v) is 6.61. The van der Waals surface area contributed by atoms with Crippen LogP contribution in [0.5, 0.6) is 0 Å². The monoisotopic (exact) mass is 823 g/mol. The van der Waals surface area contributed by atoms with Crippen LogP contribution in [0.3, 0.4) is 0 Å². The molecule has 314 valence electrons. The molecular formula is C37H43F2N11O9. The Morgan fingerprint density at radius 2 is 1.22 bits per heavy atom. The number of rotatable bonds is 8. The Bertz CT molecular complexity index is 2350. The number of nitrogens with two attached hydrogens (primary N) is 2. The van der Waals surface area contributed by atoms with E-state index in [1.54, 1.807) is 60.7 Å². The Morgan fingerprint density at radius 3 is 1.69 bits per heavy atom. The number of ether oxygens (including phenoxy) is 4. The molecule has 2 fully saturated rings. The third-order valence-corrected chi connectivity index (χ3v) is 9.54. The first-order valence-corrected chi connectivity index (χ1v) is 17.6. The summed E-state index contributed by atoms with van der Waals surface area (Å²) in [6.45, 7) is 1.63. The molecule has 0 amide bonds. The molecule has 6 heterocycles. The zero-order valence-electron chi connectivity index (χ0n) is 31.9. The fourth-order valence-electron chi connectivity index (χ4n) is 6.61. The number of esters is 2. The number of hydrogen-bond donors (Lipinski definition) is 6. The van der Waals surface area contributed by atoms with Gasteiger partial charge < -0.3 is 51.9 Å². The van der Waals surface area contributed by atoms with E-state index in [0.29, 0.717) is 11.3 Å². The second-order valence-electron chi connectivity index (χ2n) is 13.3. The van der Waals surface area contributed by atoms with E-state index in [9.17, 15) is 19.1 Å². The number of alkyl halides is 2. The summed E-state index contributed by atoms with van der Waals surface area (Å²) in [6.07, 6.45) is -2.18. The summed E-state index contributed by atoms with van der Waals surface area (Å²) in [7, 11) is 1.00. The van der Waals surface area contributed by atoms with Gasteiger partial charge in [0.1, 0.15) is 49.8 Å². The van der Waals surface area contributed by atoms with Gasteiger partial charge in [0.15, 0.2) is 40.4 Å². The van der Waals surface area contributed by atoms with E-state index in [4.69, 9.17) is 40.6 Å². The van der Waals surface area contributed by atoms with Crippen LogP contribution >= 0.6 is 0 Å². The third kappa shape index (κ3) is 8.48. The Kier molecular flexibility index (Phi) is 13.4. The van der Waals surface area contributed by atoms with Gasteiger partial charge in [-0.2, -0.15) is 10.2 Å². The summed E-state index contributed by atoms with van der Waals surface area (Å²) < 4.78 is 56.2. The highest BCUT2D eigenvalue weighted by molar-refractivity contribution is 5.90. The number of nitrogens with zero attached hydrogens (tertiary/aromatic N) is 8. The van der Waals surface area contributed by atoms with Crippen molar-refractivity contribution in [3.05, 3.63) is 108 Å². The van der Waals surface area contributed by atoms with Crippen molar-refractivity contribution in [3.63, 3.8) is 0 Å². The molecule has 0 radical (unpaired) electrons. The number of aliphatic hydroxyl groups is 3. The number of halogens is 2. The van der Waals surface area contributed by atoms with Crippen LogP contribution in [0.15, 0.2) is 85.7 Å². The maximum Gasteiger partial charge on any atom is 0.338 e. The first-order valence-electron chi connectivity index (χ1n) is 17.6. The summed E-state index contributed by atoms with van der Waals surface area (Å²) in [5.41, 5.74) is 8.80. The van der Waals surface area contributed by atoms with Crippen LogP contribution in [-0.4, -0.2) is 122 Å². The summed E-state index contributed by atoms with van der Waals surface area (Å²) >= 11 is 0. The Hall–Kier alpha value is -6.30. The molecule has 8 rings (SSSR count). The normalized spacial score (nSPS) is 25.9. The van der Waals surface area contributed by atoms with Gasteiger partial charge in [0.2, 0.25) is 0 Å². The molecule has 20 nitrogen and oxygen atoms in total. The number of anilines is 2. The number of benzene rings is 2. The van der Waals surface area contributed by atoms with Crippen molar-refractivity contribution >= 4 is 34.9 Å². The SMILES string of the molecule is CO.C[C@]1(F)C(c2cnc3c(N)ncnn23)O[C@H](CO)[C@H]1O.C[C@]1(F)C(c2cnc3c(N)ncnn23)O[C@H](COC(=O)c2ccccc2)[C@H]1OC(=O)c1ccccc1.N. The lowest BCUT2D eigenvalue weighted by Crippen LogP contribution is -2.43. The first-order chi connectivity index (χ1) is 27.8. The average molecular weight is 824 g/mol. The molecule has 0 bridgehead atoms. The topological polar surface area (TPSA) is 305 Å². The van der Waals surface area contributed by atoms with Crippen molar-refractivity contribution in [1.82, 2.24) is 45.3 Å². The number of hydrogen-bond acceptors (Lipinski definition) is 18. The molecule has 2 saturated heterocycles. The van der Waals surface area contributed by atoms with Crippen LogP contribution in [-0.2, 0) is 18.9 Å². The summed E-state index contributed by atoms with van der Waals surface area (Å²) in [5, 5.41) is 34.1. The molecule has 22 heteroatoms. The van der Waals surface area contributed by atoms with Crippen LogP contribution < -0.4 is 17.6 Å². The second kappa shape index (κ2) is 18.1. The van der Waals surface area contributed by atoms with Gasteiger partial charge in [-0.1, -0.05) is 36.4 Å². The maximum atomic E-state index is 16.4. The minimum atomic E-state index is -2.25. The minimum absolute atomic E-state index is 0. The molecule has 0 saturated carbocycles. The average Bonchev–Trinajstić information content (AvgIpc) is 3.98. The molecule has 59 heavy (non-hydrogen) atoms. The Labute approximate surface area is 334 Å². The molecule has 0 spiro atoms. The predicted molar refractivity (Wildman–Crippen MR) is 203 cm³/mol. The smallest absolute Gasteiger partial charge is 0.338 e. The number of nitrogen functional groups attached to an aromatic ring is 2. The van der Waals surface area contributed by atoms with Crippen LogP contribution in [0.2, 0.25) is 0 Å². The lowest BCUT2D eigenvalue weighted by molar-refractivity contribution is -0.0449. The highest BCUT2D eigenvalue weighted by atomic mass is 19.1. The molecule has 0 aliphatic carbocycles. The fraction of sp³-hybridized carbons (Fsp3) is 0.351. The van der Waals surface area contributed by atoms with E-state index in [2.05, 4.69) is 30.1 Å². The van der Waals surface area contributed by atoms with E-state index in [-0.39, 0.29) is 46.9 Å². The predicted octanol–water partition coefficient (Wildman–Crippen LogP) is 1.96.